The van der Waals surface area contributed by atoms with Crippen molar-refractivity contribution in [3.05, 3.63) is 164 Å². The molecule has 0 atom stereocenters. The van der Waals surface area contributed by atoms with Gasteiger partial charge in [0.25, 0.3) is 0 Å². The van der Waals surface area contributed by atoms with Crippen LogP contribution >= 0.6 is 0 Å². The average Bonchev–Trinajstić information content (AvgIpc) is 3.68. The molecule has 0 aliphatic rings. The van der Waals surface area contributed by atoms with Gasteiger partial charge in [-0.3, -0.25) is 0 Å². The normalized spacial score (nSPS) is 11.6. The van der Waals surface area contributed by atoms with Gasteiger partial charge in [-0.1, -0.05) is 103 Å². The molecule has 9 rings (SSSR count). The molecule has 0 spiro atoms. The molecule has 0 radical (unpaired) electrons. The zero-order valence-corrected chi connectivity index (χ0v) is 24.4. The third-order valence-corrected chi connectivity index (χ3v) is 8.67. The molecule has 9 aromatic rings. The van der Waals surface area contributed by atoms with Crippen molar-refractivity contribution in [3.63, 3.8) is 0 Å². The van der Waals surface area contributed by atoms with Crippen molar-refractivity contribution in [2.24, 2.45) is 0 Å². The molecule has 0 N–H and O–H groups in total. The Balaban J connectivity index is 1.22. The predicted octanol–water partition coefficient (Wildman–Crippen LogP) is 12.3. The standard InChI is InChI=1S/C42H27NO2/c1-2-10-28(11-3-1)29-20-23-32(24-21-29)43(37-16-9-19-40-42(37)36-15-5-7-18-39(36)44-40)33-13-8-12-30(26-33)31-22-25-35-34-14-4-6-17-38(34)45-41(35)27-31/h1-27H. The molecule has 0 saturated carbocycles. The first kappa shape index (κ1) is 25.4. The van der Waals surface area contributed by atoms with Crippen molar-refractivity contribution in [1.29, 1.82) is 0 Å². The van der Waals surface area contributed by atoms with Crippen molar-refractivity contribution in [1.82, 2.24) is 0 Å². The first-order valence-electron chi connectivity index (χ1n) is 15.2. The van der Waals surface area contributed by atoms with Crippen molar-refractivity contribution in [2.45, 2.75) is 0 Å². The van der Waals surface area contributed by atoms with Gasteiger partial charge in [-0.05, 0) is 82.9 Å². The fourth-order valence-corrected chi connectivity index (χ4v) is 6.53. The second kappa shape index (κ2) is 10.3. The minimum absolute atomic E-state index is 0.867. The van der Waals surface area contributed by atoms with E-state index in [0.717, 1.165) is 72.1 Å². The van der Waals surface area contributed by atoms with E-state index in [2.05, 4.69) is 144 Å². The number of furan rings is 2. The molecule has 0 bridgehead atoms. The van der Waals surface area contributed by atoms with Crippen LogP contribution in [0.2, 0.25) is 0 Å². The first-order chi connectivity index (χ1) is 22.3. The van der Waals surface area contributed by atoms with Gasteiger partial charge in [0, 0.05) is 27.5 Å². The van der Waals surface area contributed by atoms with E-state index in [1.807, 2.05) is 24.3 Å². The Morgan fingerprint density at radius 1 is 0.333 bits per heavy atom. The molecule has 0 aliphatic heterocycles. The lowest BCUT2D eigenvalue weighted by molar-refractivity contribution is 0.668. The minimum atomic E-state index is 0.867. The van der Waals surface area contributed by atoms with E-state index in [-0.39, 0.29) is 0 Å². The maximum absolute atomic E-state index is 6.31. The van der Waals surface area contributed by atoms with E-state index in [0.29, 0.717) is 0 Å². The molecule has 3 heteroatoms. The summed E-state index contributed by atoms with van der Waals surface area (Å²) in [7, 11) is 0. The third kappa shape index (κ3) is 4.29. The maximum atomic E-state index is 6.31. The third-order valence-electron chi connectivity index (χ3n) is 8.67. The lowest BCUT2D eigenvalue weighted by Gasteiger charge is -2.27. The lowest BCUT2D eigenvalue weighted by Crippen LogP contribution is -2.10. The highest BCUT2D eigenvalue weighted by Gasteiger charge is 2.20. The highest BCUT2D eigenvalue weighted by atomic mass is 16.3. The van der Waals surface area contributed by atoms with Crippen LogP contribution in [0.15, 0.2) is 173 Å². The number of benzene rings is 7. The summed E-state index contributed by atoms with van der Waals surface area (Å²) in [6, 6.07) is 57.3. The lowest BCUT2D eigenvalue weighted by atomic mass is 10.0. The number of rotatable bonds is 5. The van der Waals surface area contributed by atoms with Crippen LogP contribution in [-0.2, 0) is 0 Å². The summed E-state index contributed by atoms with van der Waals surface area (Å²) in [4.78, 5) is 2.34. The minimum Gasteiger partial charge on any atom is -0.456 e. The van der Waals surface area contributed by atoms with Crippen LogP contribution in [0.1, 0.15) is 0 Å². The van der Waals surface area contributed by atoms with E-state index in [1.165, 1.54) is 11.1 Å². The van der Waals surface area contributed by atoms with Crippen LogP contribution in [-0.4, -0.2) is 0 Å². The number of para-hydroxylation sites is 2. The summed E-state index contributed by atoms with van der Waals surface area (Å²) >= 11 is 0. The van der Waals surface area contributed by atoms with Crippen LogP contribution in [0.4, 0.5) is 17.1 Å². The highest BCUT2D eigenvalue weighted by molar-refractivity contribution is 6.13. The van der Waals surface area contributed by atoms with Gasteiger partial charge in [-0.15, -0.1) is 0 Å². The fraction of sp³-hybridized carbons (Fsp3) is 0. The second-order valence-corrected chi connectivity index (χ2v) is 11.4. The molecule has 0 aliphatic carbocycles. The van der Waals surface area contributed by atoms with E-state index < -0.39 is 0 Å². The number of hydrogen-bond donors (Lipinski definition) is 0. The number of nitrogens with zero attached hydrogens (tertiary/aromatic N) is 1. The SMILES string of the molecule is c1ccc(-c2ccc(N(c3cccc(-c4ccc5c(c4)oc4ccccc45)c3)c3cccc4oc5ccccc5c34)cc2)cc1. The Labute approximate surface area is 260 Å². The maximum Gasteiger partial charge on any atom is 0.137 e. The van der Waals surface area contributed by atoms with Gasteiger partial charge in [0.05, 0.1) is 11.1 Å². The van der Waals surface area contributed by atoms with Gasteiger partial charge in [0.15, 0.2) is 0 Å². The van der Waals surface area contributed by atoms with Gasteiger partial charge in [0.2, 0.25) is 0 Å². The Bertz CT molecular complexity index is 2490. The number of hydrogen-bond acceptors (Lipinski definition) is 3. The van der Waals surface area contributed by atoms with Crippen molar-refractivity contribution < 1.29 is 8.83 Å². The molecule has 2 heterocycles. The van der Waals surface area contributed by atoms with E-state index in [4.69, 9.17) is 8.83 Å². The molecule has 0 amide bonds. The molecule has 0 fully saturated rings. The largest absolute Gasteiger partial charge is 0.456 e. The summed E-state index contributed by atoms with van der Waals surface area (Å²) < 4.78 is 12.6. The smallest absolute Gasteiger partial charge is 0.137 e. The number of anilines is 3. The molecular weight excluding hydrogens is 550 g/mol. The summed E-state index contributed by atoms with van der Waals surface area (Å²) in [5.74, 6) is 0. The van der Waals surface area contributed by atoms with E-state index in [9.17, 15) is 0 Å². The van der Waals surface area contributed by atoms with Gasteiger partial charge < -0.3 is 13.7 Å². The van der Waals surface area contributed by atoms with Gasteiger partial charge in [0.1, 0.15) is 22.3 Å². The Kier molecular flexibility index (Phi) is 5.82. The predicted molar refractivity (Wildman–Crippen MR) is 187 cm³/mol. The van der Waals surface area contributed by atoms with Crippen molar-refractivity contribution in [3.8, 4) is 22.3 Å². The van der Waals surface area contributed by atoms with Gasteiger partial charge in [-0.25, -0.2) is 0 Å². The Morgan fingerprint density at radius 2 is 0.911 bits per heavy atom. The zero-order chi connectivity index (χ0) is 29.7. The van der Waals surface area contributed by atoms with Crippen LogP contribution in [0.25, 0.3) is 66.1 Å². The molecule has 212 valence electrons. The quantitative estimate of drug-likeness (QED) is 0.204. The van der Waals surface area contributed by atoms with E-state index in [1.54, 1.807) is 0 Å². The molecule has 45 heavy (non-hydrogen) atoms. The average molecular weight is 578 g/mol. The zero-order valence-electron chi connectivity index (χ0n) is 24.4. The summed E-state index contributed by atoms with van der Waals surface area (Å²) in [6.45, 7) is 0. The van der Waals surface area contributed by atoms with Crippen LogP contribution in [0.3, 0.4) is 0 Å². The van der Waals surface area contributed by atoms with Gasteiger partial charge >= 0.3 is 0 Å². The first-order valence-corrected chi connectivity index (χ1v) is 15.2. The van der Waals surface area contributed by atoms with E-state index >= 15 is 0 Å². The molecule has 3 nitrogen and oxygen atoms in total. The summed E-state index contributed by atoms with van der Waals surface area (Å²) in [5.41, 5.74) is 11.3. The Morgan fingerprint density at radius 3 is 1.76 bits per heavy atom. The molecule has 7 aromatic carbocycles. The van der Waals surface area contributed by atoms with Gasteiger partial charge in [-0.2, -0.15) is 0 Å². The fourth-order valence-electron chi connectivity index (χ4n) is 6.53. The molecular formula is C42H27NO2. The molecule has 0 saturated heterocycles. The van der Waals surface area contributed by atoms with Crippen LogP contribution in [0.5, 0.6) is 0 Å². The van der Waals surface area contributed by atoms with Crippen molar-refractivity contribution >= 4 is 60.9 Å². The van der Waals surface area contributed by atoms with Crippen LogP contribution < -0.4 is 4.90 Å². The monoisotopic (exact) mass is 577 g/mol. The molecule has 0 unspecified atom stereocenters. The van der Waals surface area contributed by atoms with Crippen LogP contribution in [0, 0.1) is 0 Å². The van der Waals surface area contributed by atoms with Crippen molar-refractivity contribution in [2.75, 3.05) is 4.90 Å². The number of fused-ring (bicyclic) bond motifs is 6. The Hall–Kier alpha value is -6.06. The topological polar surface area (TPSA) is 29.5 Å². The summed E-state index contributed by atoms with van der Waals surface area (Å²) in [5, 5.41) is 4.46. The highest BCUT2D eigenvalue weighted by Crippen LogP contribution is 2.44. The second-order valence-electron chi connectivity index (χ2n) is 11.4. The molecule has 2 aromatic heterocycles. The summed E-state index contributed by atoms with van der Waals surface area (Å²) in [6.07, 6.45) is 0.